The molecule has 1 atom stereocenters. The molecule has 3 rings (SSSR count). The van der Waals surface area contributed by atoms with Crippen molar-refractivity contribution in [2.24, 2.45) is 5.73 Å². The van der Waals surface area contributed by atoms with E-state index in [2.05, 4.69) is 10.6 Å². The number of nitrogens with one attached hydrogen (secondary N) is 2. The van der Waals surface area contributed by atoms with Crippen molar-refractivity contribution in [3.63, 3.8) is 0 Å². The van der Waals surface area contributed by atoms with Gasteiger partial charge >= 0.3 is 7.60 Å². The quantitative estimate of drug-likeness (QED) is 0.296. The van der Waals surface area contributed by atoms with E-state index in [0.717, 1.165) is 16.7 Å². The molecular formula is C25H28N3O5P. The van der Waals surface area contributed by atoms with Gasteiger partial charge in [0.1, 0.15) is 0 Å². The Morgan fingerprint density at radius 1 is 0.912 bits per heavy atom. The molecule has 0 heterocycles. The van der Waals surface area contributed by atoms with Gasteiger partial charge in [-0.3, -0.25) is 14.2 Å². The van der Waals surface area contributed by atoms with Crippen molar-refractivity contribution in [3.8, 4) is 11.1 Å². The Balaban J connectivity index is 1.53. The molecule has 0 spiro atoms. The van der Waals surface area contributed by atoms with Gasteiger partial charge in [-0.2, -0.15) is 0 Å². The van der Waals surface area contributed by atoms with Crippen LogP contribution in [0.25, 0.3) is 11.1 Å². The molecule has 34 heavy (non-hydrogen) atoms. The predicted molar refractivity (Wildman–Crippen MR) is 132 cm³/mol. The van der Waals surface area contributed by atoms with Crippen molar-refractivity contribution in [1.82, 2.24) is 5.32 Å². The number of amides is 2. The van der Waals surface area contributed by atoms with E-state index in [1.807, 2.05) is 54.6 Å². The normalized spacial score (nSPS) is 13.1. The number of hydrogen-bond acceptors (Lipinski definition) is 4. The van der Waals surface area contributed by atoms with Gasteiger partial charge in [0.15, 0.2) is 0 Å². The third-order valence-electron chi connectivity index (χ3n) is 5.36. The third-order valence-corrected chi connectivity index (χ3v) is 6.17. The van der Waals surface area contributed by atoms with Crippen molar-refractivity contribution < 1.29 is 23.9 Å². The Hall–Kier alpha value is -3.29. The molecule has 0 aliphatic carbocycles. The van der Waals surface area contributed by atoms with Crippen LogP contribution in [0, 0.1) is 0 Å². The Morgan fingerprint density at radius 2 is 1.50 bits per heavy atom. The van der Waals surface area contributed by atoms with Gasteiger partial charge in [0.05, 0.1) is 11.7 Å². The lowest BCUT2D eigenvalue weighted by Crippen LogP contribution is -2.49. The number of nitrogens with two attached hydrogens (primary N) is 1. The van der Waals surface area contributed by atoms with Crippen molar-refractivity contribution in [1.29, 1.82) is 0 Å². The number of benzene rings is 3. The zero-order chi connectivity index (χ0) is 24.8. The van der Waals surface area contributed by atoms with Crippen LogP contribution in [0.2, 0.25) is 0 Å². The van der Waals surface area contributed by atoms with Crippen LogP contribution in [0.3, 0.4) is 0 Å². The van der Waals surface area contributed by atoms with E-state index in [1.165, 1.54) is 6.92 Å². The summed E-state index contributed by atoms with van der Waals surface area (Å²) in [6, 6.07) is 24.3. The van der Waals surface area contributed by atoms with Crippen LogP contribution in [0.1, 0.15) is 29.3 Å². The average molecular weight is 481 g/mol. The topological polar surface area (TPSA) is 142 Å². The summed E-state index contributed by atoms with van der Waals surface area (Å²) in [4.78, 5) is 42.9. The SMILES string of the molecule is C[C@](N)(CCP(=O)(O)O)C(=O)Nc1ccc(C(=O)NCc2ccc(-c3ccccc3)cc2)cc1. The fourth-order valence-electron chi connectivity index (χ4n) is 3.20. The minimum absolute atomic E-state index is 0.171. The zero-order valence-corrected chi connectivity index (χ0v) is 19.7. The smallest absolute Gasteiger partial charge is 0.325 e. The molecule has 0 unspecified atom stereocenters. The van der Waals surface area contributed by atoms with Crippen molar-refractivity contribution in [2.75, 3.05) is 11.5 Å². The summed E-state index contributed by atoms with van der Waals surface area (Å²) in [5, 5.41) is 5.48. The molecule has 0 aliphatic rings. The second-order valence-corrected chi connectivity index (χ2v) is 10.1. The first-order chi connectivity index (χ1) is 16.0. The molecule has 0 bridgehead atoms. The zero-order valence-electron chi connectivity index (χ0n) is 18.8. The lowest BCUT2D eigenvalue weighted by atomic mass is 9.99. The fraction of sp³-hybridized carbons (Fsp3) is 0.200. The van der Waals surface area contributed by atoms with Gasteiger partial charge in [0.2, 0.25) is 5.91 Å². The molecule has 0 radical (unpaired) electrons. The van der Waals surface area contributed by atoms with Crippen molar-refractivity contribution in [2.45, 2.75) is 25.4 Å². The van der Waals surface area contributed by atoms with E-state index in [-0.39, 0.29) is 12.3 Å². The van der Waals surface area contributed by atoms with Crippen molar-refractivity contribution >= 4 is 25.1 Å². The van der Waals surface area contributed by atoms with Gasteiger partial charge in [-0.25, -0.2) is 0 Å². The molecule has 0 saturated carbocycles. The maximum atomic E-state index is 12.5. The van der Waals surface area contributed by atoms with E-state index >= 15 is 0 Å². The molecule has 3 aromatic carbocycles. The first kappa shape index (κ1) is 25.3. The highest BCUT2D eigenvalue weighted by molar-refractivity contribution is 7.51. The van der Waals surface area contributed by atoms with E-state index in [4.69, 9.17) is 15.5 Å². The summed E-state index contributed by atoms with van der Waals surface area (Å²) in [6.45, 7) is 1.78. The highest BCUT2D eigenvalue weighted by Crippen LogP contribution is 2.36. The minimum Gasteiger partial charge on any atom is -0.348 e. The van der Waals surface area contributed by atoms with Crippen LogP contribution >= 0.6 is 7.60 Å². The van der Waals surface area contributed by atoms with Crippen LogP contribution in [0.4, 0.5) is 5.69 Å². The molecule has 3 aromatic rings. The van der Waals surface area contributed by atoms with E-state index in [9.17, 15) is 14.2 Å². The second-order valence-electron chi connectivity index (χ2n) is 8.33. The van der Waals surface area contributed by atoms with Gasteiger partial charge in [0, 0.05) is 17.8 Å². The number of hydrogen-bond donors (Lipinski definition) is 5. The summed E-state index contributed by atoms with van der Waals surface area (Å²) < 4.78 is 11.0. The molecule has 9 heteroatoms. The average Bonchev–Trinajstić information content (AvgIpc) is 2.82. The van der Waals surface area contributed by atoms with E-state index in [0.29, 0.717) is 17.8 Å². The van der Waals surface area contributed by atoms with Crippen molar-refractivity contribution in [3.05, 3.63) is 90.0 Å². The first-order valence-corrected chi connectivity index (χ1v) is 12.5. The summed E-state index contributed by atoms with van der Waals surface area (Å²) >= 11 is 0. The summed E-state index contributed by atoms with van der Waals surface area (Å²) in [7, 11) is -4.25. The monoisotopic (exact) mass is 481 g/mol. The molecule has 0 aliphatic heterocycles. The number of carbonyl (C=O) groups excluding carboxylic acids is 2. The maximum Gasteiger partial charge on any atom is 0.325 e. The summed E-state index contributed by atoms with van der Waals surface area (Å²) in [5.41, 5.74) is 8.50. The Morgan fingerprint density at radius 3 is 2.09 bits per heavy atom. The lowest BCUT2D eigenvalue weighted by Gasteiger charge is -2.23. The number of carbonyl (C=O) groups is 2. The van der Waals surface area contributed by atoms with Gasteiger partial charge in [-0.1, -0.05) is 54.6 Å². The van der Waals surface area contributed by atoms with Crippen LogP contribution in [-0.2, 0) is 15.9 Å². The molecule has 2 amide bonds. The number of rotatable bonds is 9. The van der Waals surface area contributed by atoms with Crippen LogP contribution < -0.4 is 16.4 Å². The fourth-order valence-corrected chi connectivity index (χ4v) is 3.96. The van der Waals surface area contributed by atoms with Gasteiger partial charge in [-0.15, -0.1) is 0 Å². The van der Waals surface area contributed by atoms with Crippen LogP contribution in [-0.4, -0.2) is 33.3 Å². The predicted octanol–water partition coefficient (Wildman–Crippen LogP) is 3.51. The largest absolute Gasteiger partial charge is 0.348 e. The molecule has 0 fully saturated rings. The van der Waals surface area contributed by atoms with Crippen LogP contribution in [0.5, 0.6) is 0 Å². The molecule has 6 N–H and O–H groups in total. The molecular weight excluding hydrogens is 453 g/mol. The summed E-state index contributed by atoms with van der Waals surface area (Å²) in [5.74, 6) is -0.826. The molecule has 8 nitrogen and oxygen atoms in total. The Kier molecular flexibility index (Phi) is 8.02. The second kappa shape index (κ2) is 10.8. The minimum atomic E-state index is -4.25. The van der Waals surface area contributed by atoms with Gasteiger partial charge < -0.3 is 26.2 Å². The lowest BCUT2D eigenvalue weighted by molar-refractivity contribution is -0.120. The Labute approximate surface area is 198 Å². The van der Waals surface area contributed by atoms with Gasteiger partial charge in [0.25, 0.3) is 5.91 Å². The summed E-state index contributed by atoms with van der Waals surface area (Å²) in [6.07, 6.45) is -0.655. The maximum absolute atomic E-state index is 12.5. The van der Waals surface area contributed by atoms with Crippen LogP contribution in [0.15, 0.2) is 78.9 Å². The standard InChI is InChI=1S/C25H28N3O5P/c1-25(26,15-16-34(31,32)33)24(30)28-22-13-11-21(12-14-22)23(29)27-17-18-7-9-20(10-8-18)19-5-3-2-4-6-19/h2-14H,15-17,26H2,1H3,(H,27,29)(H,28,30)(H2,31,32,33)/t25-/m0/s1. The molecule has 0 saturated heterocycles. The molecule has 178 valence electrons. The third kappa shape index (κ3) is 7.37. The number of anilines is 1. The van der Waals surface area contributed by atoms with E-state index in [1.54, 1.807) is 24.3 Å². The first-order valence-electron chi connectivity index (χ1n) is 10.7. The molecule has 0 aromatic heterocycles. The van der Waals surface area contributed by atoms with E-state index < -0.39 is 25.2 Å². The van der Waals surface area contributed by atoms with Gasteiger partial charge in [-0.05, 0) is 54.3 Å². The highest BCUT2D eigenvalue weighted by Gasteiger charge is 2.31. The highest BCUT2D eigenvalue weighted by atomic mass is 31.2. The Bertz CT molecular complexity index is 1170.